The number of ether oxygens (including phenoxy) is 1. The Morgan fingerprint density at radius 2 is 1.79 bits per heavy atom. The molecular weight excluding hydrogens is 430 g/mol. The van der Waals surface area contributed by atoms with Gasteiger partial charge in [-0.3, -0.25) is 0 Å². The zero-order valence-electron chi connectivity index (χ0n) is 18.5. The van der Waals surface area contributed by atoms with Gasteiger partial charge in [0.25, 0.3) is 0 Å². The van der Waals surface area contributed by atoms with Crippen LogP contribution >= 0.6 is 11.3 Å². The number of benzene rings is 2. The SMILES string of the molecule is Cc1cc(-c2cccs2)cc(C)c1Oc1nc(Nc2ccc(C#N)cc2)nc2ccn(C)c12. The molecule has 0 fully saturated rings. The van der Waals surface area contributed by atoms with E-state index >= 15 is 0 Å². The first-order chi connectivity index (χ1) is 16.0. The molecule has 1 N–H and O–H groups in total. The molecule has 0 aliphatic heterocycles. The lowest BCUT2D eigenvalue weighted by Gasteiger charge is -2.15. The molecule has 5 aromatic rings. The van der Waals surface area contributed by atoms with Crippen LogP contribution in [-0.4, -0.2) is 14.5 Å². The number of nitriles is 1. The minimum absolute atomic E-state index is 0.430. The van der Waals surface area contributed by atoms with E-state index < -0.39 is 0 Å². The van der Waals surface area contributed by atoms with E-state index in [2.05, 4.69) is 59.9 Å². The summed E-state index contributed by atoms with van der Waals surface area (Å²) in [5.74, 6) is 1.71. The summed E-state index contributed by atoms with van der Waals surface area (Å²) in [5.41, 5.74) is 6.26. The molecule has 5 rings (SSSR count). The van der Waals surface area contributed by atoms with Crippen molar-refractivity contribution >= 4 is 34.0 Å². The number of anilines is 2. The average Bonchev–Trinajstić information content (AvgIpc) is 3.47. The highest BCUT2D eigenvalue weighted by Gasteiger charge is 2.16. The zero-order valence-corrected chi connectivity index (χ0v) is 19.3. The quantitative estimate of drug-likeness (QED) is 0.321. The molecule has 162 valence electrons. The largest absolute Gasteiger partial charge is 0.436 e. The van der Waals surface area contributed by atoms with Crippen molar-refractivity contribution in [3.05, 3.63) is 82.9 Å². The number of rotatable bonds is 5. The number of hydrogen-bond donors (Lipinski definition) is 1. The molecule has 0 atom stereocenters. The van der Waals surface area contributed by atoms with Crippen molar-refractivity contribution in [1.82, 2.24) is 14.5 Å². The number of nitrogens with zero attached hydrogens (tertiary/aromatic N) is 4. The molecular formula is C26H21N5OS. The standard InChI is InChI=1S/C26H21N5OS/c1-16-13-19(22-5-4-12-33-22)14-17(2)24(16)32-25-23-21(10-11-31(23)3)29-26(30-25)28-20-8-6-18(15-27)7-9-20/h4-14H,1-3H3,(H,28,29,30). The van der Waals surface area contributed by atoms with Crippen LogP contribution in [0.1, 0.15) is 16.7 Å². The summed E-state index contributed by atoms with van der Waals surface area (Å²) in [6.07, 6.45) is 1.94. The van der Waals surface area contributed by atoms with Crippen molar-refractivity contribution in [1.29, 1.82) is 5.26 Å². The third-order valence-electron chi connectivity index (χ3n) is 5.42. The van der Waals surface area contributed by atoms with E-state index in [9.17, 15) is 0 Å². The van der Waals surface area contributed by atoms with Crippen LogP contribution in [0, 0.1) is 25.2 Å². The monoisotopic (exact) mass is 451 g/mol. The smallest absolute Gasteiger partial charge is 0.249 e. The predicted octanol–water partition coefficient (Wildman–Crippen LogP) is 6.72. The Morgan fingerprint density at radius 1 is 1.03 bits per heavy atom. The Labute approximate surface area is 195 Å². The van der Waals surface area contributed by atoms with Gasteiger partial charge in [0.15, 0.2) is 0 Å². The fourth-order valence-electron chi connectivity index (χ4n) is 3.83. The first-order valence-corrected chi connectivity index (χ1v) is 11.3. The molecule has 0 radical (unpaired) electrons. The molecule has 0 aliphatic rings. The van der Waals surface area contributed by atoms with Crippen LogP contribution in [0.25, 0.3) is 21.5 Å². The van der Waals surface area contributed by atoms with E-state index in [-0.39, 0.29) is 0 Å². The fraction of sp³-hybridized carbons (Fsp3) is 0.115. The lowest BCUT2D eigenvalue weighted by Crippen LogP contribution is -2.02. The second-order valence-corrected chi connectivity index (χ2v) is 8.79. The van der Waals surface area contributed by atoms with Crippen LogP contribution in [0.5, 0.6) is 11.6 Å². The summed E-state index contributed by atoms with van der Waals surface area (Å²) in [5, 5.41) is 14.3. The summed E-state index contributed by atoms with van der Waals surface area (Å²) in [4.78, 5) is 10.6. The summed E-state index contributed by atoms with van der Waals surface area (Å²) >= 11 is 1.72. The molecule has 0 amide bonds. The highest BCUT2D eigenvalue weighted by molar-refractivity contribution is 7.13. The van der Waals surface area contributed by atoms with E-state index in [1.807, 2.05) is 36.0 Å². The summed E-state index contributed by atoms with van der Waals surface area (Å²) < 4.78 is 8.39. The minimum atomic E-state index is 0.430. The Hall–Kier alpha value is -4.15. The molecule has 0 unspecified atom stereocenters. The number of nitrogens with one attached hydrogen (secondary N) is 1. The topological polar surface area (TPSA) is 75.8 Å². The van der Waals surface area contributed by atoms with Crippen molar-refractivity contribution in [2.24, 2.45) is 7.05 Å². The maximum absolute atomic E-state index is 9.02. The van der Waals surface area contributed by atoms with Gasteiger partial charge in [0.1, 0.15) is 11.3 Å². The first kappa shape index (κ1) is 20.7. The molecule has 3 aromatic heterocycles. The van der Waals surface area contributed by atoms with Crippen molar-refractivity contribution in [2.75, 3.05) is 5.32 Å². The van der Waals surface area contributed by atoms with E-state index in [1.54, 1.807) is 23.5 Å². The Kier molecular flexibility index (Phi) is 5.29. The van der Waals surface area contributed by atoms with Gasteiger partial charge in [-0.15, -0.1) is 11.3 Å². The van der Waals surface area contributed by atoms with Crippen molar-refractivity contribution in [3.8, 4) is 28.1 Å². The van der Waals surface area contributed by atoms with Gasteiger partial charge in [-0.25, -0.2) is 4.98 Å². The highest BCUT2D eigenvalue weighted by Crippen LogP contribution is 2.36. The van der Waals surface area contributed by atoms with Gasteiger partial charge in [-0.1, -0.05) is 6.07 Å². The average molecular weight is 452 g/mol. The number of aryl methyl sites for hydroxylation is 3. The summed E-state index contributed by atoms with van der Waals surface area (Å²) in [6.45, 7) is 4.11. The van der Waals surface area contributed by atoms with Gasteiger partial charge in [-0.2, -0.15) is 10.2 Å². The van der Waals surface area contributed by atoms with Gasteiger partial charge in [0.2, 0.25) is 11.8 Å². The lowest BCUT2D eigenvalue weighted by atomic mass is 10.0. The van der Waals surface area contributed by atoms with Crippen molar-refractivity contribution in [3.63, 3.8) is 0 Å². The van der Waals surface area contributed by atoms with E-state index in [0.717, 1.165) is 33.6 Å². The molecule has 0 saturated heterocycles. The number of hydrogen-bond acceptors (Lipinski definition) is 6. The van der Waals surface area contributed by atoms with Gasteiger partial charge in [0.05, 0.1) is 17.1 Å². The highest BCUT2D eigenvalue weighted by atomic mass is 32.1. The molecule has 33 heavy (non-hydrogen) atoms. The molecule has 0 saturated carbocycles. The molecule has 6 nitrogen and oxygen atoms in total. The molecule has 0 aliphatic carbocycles. The van der Waals surface area contributed by atoms with Crippen LogP contribution in [0.3, 0.4) is 0 Å². The maximum Gasteiger partial charge on any atom is 0.249 e. The first-order valence-electron chi connectivity index (χ1n) is 10.4. The zero-order chi connectivity index (χ0) is 22.9. The summed E-state index contributed by atoms with van der Waals surface area (Å²) in [7, 11) is 1.95. The molecule has 3 heterocycles. The fourth-order valence-corrected chi connectivity index (χ4v) is 4.55. The number of aromatic nitrogens is 3. The van der Waals surface area contributed by atoms with Crippen LogP contribution in [-0.2, 0) is 7.05 Å². The number of thiophene rings is 1. The third-order valence-corrected chi connectivity index (χ3v) is 6.34. The maximum atomic E-state index is 9.02. The van der Waals surface area contributed by atoms with Crippen molar-refractivity contribution in [2.45, 2.75) is 13.8 Å². The van der Waals surface area contributed by atoms with Crippen LogP contribution < -0.4 is 10.1 Å². The molecule has 0 bridgehead atoms. The molecule has 7 heteroatoms. The lowest BCUT2D eigenvalue weighted by molar-refractivity contribution is 0.459. The van der Waals surface area contributed by atoms with Crippen LogP contribution in [0.4, 0.5) is 11.6 Å². The van der Waals surface area contributed by atoms with E-state index in [1.165, 1.54) is 10.4 Å². The Morgan fingerprint density at radius 3 is 2.45 bits per heavy atom. The minimum Gasteiger partial charge on any atom is -0.436 e. The van der Waals surface area contributed by atoms with Gasteiger partial charge in [0, 0.05) is 23.8 Å². The normalized spacial score (nSPS) is 10.8. The van der Waals surface area contributed by atoms with Crippen LogP contribution in [0.2, 0.25) is 0 Å². The van der Waals surface area contributed by atoms with E-state index in [4.69, 9.17) is 15.0 Å². The second kappa shape index (κ2) is 8.41. The molecule has 0 spiro atoms. The number of fused-ring (bicyclic) bond motifs is 1. The summed E-state index contributed by atoms with van der Waals surface area (Å²) in [6, 6.07) is 19.7. The second-order valence-electron chi connectivity index (χ2n) is 7.85. The third kappa shape index (κ3) is 4.04. The van der Waals surface area contributed by atoms with Gasteiger partial charge >= 0.3 is 0 Å². The van der Waals surface area contributed by atoms with Crippen molar-refractivity contribution < 1.29 is 4.74 Å². The van der Waals surface area contributed by atoms with Gasteiger partial charge < -0.3 is 14.6 Å². The van der Waals surface area contributed by atoms with E-state index in [0.29, 0.717) is 17.4 Å². The van der Waals surface area contributed by atoms with Gasteiger partial charge in [-0.05, 0) is 84.4 Å². The Balaban J connectivity index is 1.53. The Bertz CT molecular complexity index is 1470. The molecule has 2 aromatic carbocycles. The van der Waals surface area contributed by atoms with Crippen LogP contribution in [0.15, 0.2) is 66.2 Å². The predicted molar refractivity (Wildman–Crippen MR) is 132 cm³/mol.